The lowest BCUT2D eigenvalue weighted by Gasteiger charge is -2.36. The van der Waals surface area contributed by atoms with Crippen molar-refractivity contribution < 1.29 is 4.79 Å². The molecule has 0 saturated heterocycles. The lowest BCUT2D eigenvalue weighted by molar-refractivity contribution is -0.123. The average molecular weight is 327 g/mol. The van der Waals surface area contributed by atoms with Crippen molar-refractivity contribution in [3.8, 4) is 0 Å². The molecule has 0 spiro atoms. The highest BCUT2D eigenvalue weighted by Crippen LogP contribution is 2.38. The van der Waals surface area contributed by atoms with Gasteiger partial charge in [-0.1, -0.05) is 18.6 Å². The van der Waals surface area contributed by atoms with E-state index in [2.05, 4.69) is 26.2 Å². The number of carbonyl (C=O) groups excluding carboxylic acids is 1. The second kappa shape index (κ2) is 5.45. The molecule has 2 rings (SSSR count). The quantitative estimate of drug-likeness (QED) is 0.848. The molecule has 96 valence electrons. The van der Waals surface area contributed by atoms with Crippen LogP contribution in [0.3, 0.4) is 0 Å². The Hall–Kier alpha value is -0.810. The summed E-state index contributed by atoms with van der Waals surface area (Å²) in [6, 6.07) is 1.94. The van der Waals surface area contributed by atoms with E-state index >= 15 is 0 Å². The maximum atomic E-state index is 12.5. The molecule has 1 N–H and O–H groups in total. The third-order valence-corrected chi connectivity index (χ3v) is 4.48. The van der Waals surface area contributed by atoms with Gasteiger partial charge in [-0.3, -0.25) is 9.78 Å². The number of hydrogen-bond donors (Lipinski definition) is 1. The molecular weight excluding hydrogens is 312 g/mol. The minimum atomic E-state index is -0.681. The molecule has 1 heterocycles. The fraction of sp³-hybridized carbons (Fsp3) is 0.462. The van der Waals surface area contributed by atoms with Crippen LogP contribution in [0.1, 0.15) is 31.2 Å². The molecule has 5 heteroatoms. The van der Waals surface area contributed by atoms with Crippen molar-refractivity contribution >= 4 is 38.9 Å². The van der Waals surface area contributed by atoms with Gasteiger partial charge in [0.2, 0.25) is 0 Å². The van der Waals surface area contributed by atoms with E-state index in [4.69, 9.17) is 12.2 Å². The van der Waals surface area contributed by atoms with Crippen LogP contribution in [0.15, 0.2) is 22.9 Å². The van der Waals surface area contributed by atoms with Crippen LogP contribution >= 0.6 is 28.1 Å². The molecule has 0 aromatic carbocycles. The molecule has 1 fully saturated rings. The number of carbonyl (C=O) groups is 1. The smallest absolute Gasteiger partial charge is 0.150 e. The topological polar surface area (TPSA) is 42.0 Å². The standard InChI is InChI=1S/C13H15BrN2OS/c1-15-12(18)13(5-3-2-4-11(13)17)9-6-10(14)8-16-7-9/h6-8H,2-5H2,1H3,(H,15,18). The van der Waals surface area contributed by atoms with Gasteiger partial charge in [0.1, 0.15) is 11.2 Å². The van der Waals surface area contributed by atoms with Crippen molar-refractivity contribution in [2.75, 3.05) is 7.05 Å². The van der Waals surface area contributed by atoms with Crippen LogP contribution in [0.25, 0.3) is 0 Å². The van der Waals surface area contributed by atoms with Crippen LogP contribution in [0, 0.1) is 0 Å². The minimum Gasteiger partial charge on any atom is -0.382 e. The lowest BCUT2D eigenvalue weighted by atomic mass is 9.68. The second-order valence-electron chi connectivity index (χ2n) is 4.51. The molecule has 1 aliphatic carbocycles. The summed E-state index contributed by atoms with van der Waals surface area (Å²) in [6.07, 6.45) is 6.79. The molecule has 18 heavy (non-hydrogen) atoms. The summed E-state index contributed by atoms with van der Waals surface area (Å²) in [5, 5.41) is 2.99. The fourth-order valence-electron chi connectivity index (χ4n) is 2.56. The van der Waals surface area contributed by atoms with E-state index in [0.29, 0.717) is 11.4 Å². The van der Waals surface area contributed by atoms with Crippen LogP contribution in [0.4, 0.5) is 0 Å². The van der Waals surface area contributed by atoms with Gasteiger partial charge in [0.05, 0.1) is 4.99 Å². The van der Waals surface area contributed by atoms with E-state index in [1.54, 1.807) is 19.4 Å². The molecule has 0 aliphatic heterocycles. The number of thiocarbonyl (C=S) groups is 1. The van der Waals surface area contributed by atoms with Crippen LogP contribution in [-0.2, 0) is 10.2 Å². The number of pyridine rings is 1. The maximum absolute atomic E-state index is 12.5. The van der Waals surface area contributed by atoms with Gasteiger partial charge < -0.3 is 5.32 Å². The first-order valence-electron chi connectivity index (χ1n) is 5.98. The average Bonchev–Trinajstić information content (AvgIpc) is 2.38. The van der Waals surface area contributed by atoms with Gasteiger partial charge in [-0.2, -0.15) is 0 Å². The number of ketones is 1. The van der Waals surface area contributed by atoms with Gasteiger partial charge in [0, 0.05) is 30.3 Å². The molecule has 1 saturated carbocycles. The van der Waals surface area contributed by atoms with Crippen LogP contribution in [0.5, 0.6) is 0 Å². The number of halogens is 1. The lowest BCUT2D eigenvalue weighted by Crippen LogP contribution is -2.49. The monoisotopic (exact) mass is 326 g/mol. The normalized spacial score (nSPS) is 23.8. The Bertz CT molecular complexity index is 482. The summed E-state index contributed by atoms with van der Waals surface area (Å²) >= 11 is 8.82. The van der Waals surface area contributed by atoms with Gasteiger partial charge in [-0.05, 0) is 40.4 Å². The second-order valence-corrected chi connectivity index (χ2v) is 5.83. The minimum absolute atomic E-state index is 0.202. The van der Waals surface area contributed by atoms with Crippen LogP contribution < -0.4 is 5.32 Å². The summed E-state index contributed by atoms with van der Waals surface area (Å²) in [5.41, 5.74) is 0.208. The zero-order chi connectivity index (χ0) is 13.2. The zero-order valence-corrected chi connectivity index (χ0v) is 12.6. The molecule has 1 atom stereocenters. The summed E-state index contributed by atoms with van der Waals surface area (Å²) in [4.78, 5) is 17.2. The number of nitrogens with one attached hydrogen (secondary N) is 1. The number of nitrogens with zero attached hydrogens (tertiary/aromatic N) is 1. The number of likely N-dealkylation sites (N-methyl/N-ethyl adjacent to an activating group) is 1. The van der Waals surface area contributed by atoms with Crippen molar-refractivity contribution in [2.45, 2.75) is 31.1 Å². The van der Waals surface area contributed by atoms with Crippen LogP contribution in [-0.4, -0.2) is 22.8 Å². The molecule has 1 unspecified atom stereocenters. The van der Waals surface area contributed by atoms with E-state index in [0.717, 1.165) is 29.3 Å². The van der Waals surface area contributed by atoms with E-state index in [1.807, 2.05) is 6.07 Å². The fourth-order valence-corrected chi connectivity index (χ4v) is 3.26. The van der Waals surface area contributed by atoms with Crippen molar-refractivity contribution in [1.82, 2.24) is 10.3 Å². The largest absolute Gasteiger partial charge is 0.382 e. The van der Waals surface area contributed by atoms with Gasteiger partial charge in [-0.15, -0.1) is 0 Å². The number of rotatable bonds is 2. The first kappa shape index (κ1) is 13.6. The molecular formula is C13H15BrN2OS. The van der Waals surface area contributed by atoms with Crippen molar-refractivity contribution in [2.24, 2.45) is 0 Å². The van der Waals surface area contributed by atoms with Crippen LogP contribution in [0.2, 0.25) is 0 Å². The molecule has 1 aromatic rings. The molecule has 0 bridgehead atoms. The van der Waals surface area contributed by atoms with Gasteiger partial charge in [0.25, 0.3) is 0 Å². The Morgan fingerprint density at radius 2 is 2.28 bits per heavy atom. The Morgan fingerprint density at radius 3 is 2.89 bits per heavy atom. The molecule has 0 amide bonds. The summed E-state index contributed by atoms with van der Waals surface area (Å²) in [5.74, 6) is 0.202. The van der Waals surface area contributed by atoms with E-state index < -0.39 is 5.41 Å². The Kier molecular flexibility index (Phi) is 4.12. The summed E-state index contributed by atoms with van der Waals surface area (Å²) in [7, 11) is 1.78. The highest BCUT2D eigenvalue weighted by Gasteiger charge is 2.45. The Morgan fingerprint density at radius 1 is 1.50 bits per heavy atom. The predicted octanol–water partition coefficient (Wildman–Crippen LogP) is 2.77. The molecule has 3 nitrogen and oxygen atoms in total. The Labute approximate surface area is 121 Å². The van der Waals surface area contributed by atoms with Crippen molar-refractivity contribution in [1.29, 1.82) is 0 Å². The SMILES string of the molecule is CNC(=S)C1(c2cncc(Br)c2)CCCCC1=O. The Balaban J connectivity index is 2.54. The van der Waals surface area contributed by atoms with E-state index in [9.17, 15) is 4.79 Å². The number of aromatic nitrogens is 1. The highest BCUT2D eigenvalue weighted by molar-refractivity contribution is 9.10. The van der Waals surface area contributed by atoms with Gasteiger partial charge in [-0.25, -0.2) is 0 Å². The van der Waals surface area contributed by atoms with Gasteiger partial charge in [0.15, 0.2) is 0 Å². The number of Topliss-reactive ketones (excluding diaryl/α,β-unsaturated/α-hetero) is 1. The maximum Gasteiger partial charge on any atom is 0.150 e. The molecule has 1 aliphatic rings. The van der Waals surface area contributed by atoms with Gasteiger partial charge >= 0.3 is 0 Å². The third-order valence-electron chi connectivity index (χ3n) is 3.49. The molecule has 0 radical (unpaired) electrons. The first-order valence-corrected chi connectivity index (χ1v) is 7.18. The number of hydrogen-bond acceptors (Lipinski definition) is 3. The molecule has 1 aromatic heterocycles. The van der Waals surface area contributed by atoms with Crippen molar-refractivity contribution in [3.05, 3.63) is 28.5 Å². The highest BCUT2D eigenvalue weighted by atomic mass is 79.9. The summed E-state index contributed by atoms with van der Waals surface area (Å²) < 4.78 is 0.872. The van der Waals surface area contributed by atoms with Crippen molar-refractivity contribution in [3.63, 3.8) is 0 Å². The summed E-state index contributed by atoms with van der Waals surface area (Å²) in [6.45, 7) is 0. The third kappa shape index (κ3) is 2.21. The first-order chi connectivity index (χ1) is 8.61. The predicted molar refractivity (Wildman–Crippen MR) is 78.7 cm³/mol. The van der Waals surface area contributed by atoms with E-state index in [1.165, 1.54) is 0 Å². The van der Waals surface area contributed by atoms with E-state index in [-0.39, 0.29) is 5.78 Å². The zero-order valence-electron chi connectivity index (χ0n) is 10.2.